The van der Waals surface area contributed by atoms with Crippen LogP contribution in [-0.2, 0) is 6.54 Å². The Morgan fingerprint density at radius 2 is 1.62 bits per heavy atom. The van der Waals surface area contributed by atoms with Crippen molar-refractivity contribution in [3.8, 4) is 0 Å². The predicted molar refractivity (Wildman–Crippen MR) is 103 cm³/mol. The molecule has 128 valence electrons. The van der Waals surface area contributed by atoms with E-state index >= 15 is 0 Å². The molecule has 0 radical (unpaired) electrons. The van der Waals surface area contributed by atoms with E-state index < -0.39 is 0 Å². The Bertz CT molecular complexity index is 1190. The smallest absolute Gasteiger partial charge is 0.181 e. The molecule has 0 saturated carbocycles. The Morgan fingerprint density at radius 3 is 2.35 bits per heavy atom. The number of nitrogens with zero attached hydrogens (tertiary/aromatic N) is 5. The van der Waals surface area contributed by atoms with Crippen LogP contribution in [0.3, 0.4) is 0 Å². The number of nitrogens with one attached hydrogen (secondary N) is 1. The molecule has 1 N–H and O–H groups in total. The summed E-state index contributed by atoms with van der Waals surface area (Å²) in [5.41, 5.74) is 4.97. The van der Waals surface area contributed by atoms with Gasteiger partial charge in [-0.15, -0.1) is 0 Å². The van der Waals surface area contributed by atoms with Crippen LogP contribution in [0.4, 0.5) is 5.82 Å². The predicted octanol–water partition coefficient (Wildman–Crippen LogP) is 3.73. The molecule has 0 amide bonds. The second-order valence-corrected chi connectivity index (χ2v) is 6.29. The standard InChI is InChI=1S/C20H18N6/c1-3-8-17-15(6-1)23-19(22-10-5-12-25-13-11-21-14-25)20-24-16-7-2-4-9-18(16)26(17)20/h1-4,6-9,11,13-14H,5,10,12H2,(H,22,23). The third kappa shape index (κ3) is 2.47. The van der Waals surface area contributed by atoms with Gasteiger partial charge < -0.3 is 9.88 Å². The zero-order valence-corrected chi connectivity index (χ0v) is 14.2. The first kappa shape index (κ1) is 14.9. The van der Waals surface area contributed by atoms with Gasteiger partial charge in [0.2, 0.25) is 0 Å². The van der Waals surface area contributed by atoms with Crippen molar-refractivity contribution in [2.75, 3.05) is 11.9 Å². The number of benzene rings is 2. The Hall–Kier alpha value is -3.41. The van der Waals surface area contributed by atoms with Crippen LogP contribution in [0.25, 0.3) is 27.7 Å². The minimum Gasteiger partial charge on any atom is -0.367 e. The van der Waals surface area contributed by atoms with Crippen LogP contribution >= 0.6 is 0 Å². The van der Waals surface area contributed by atoms with Crippen molar-refractivity contribution in [3.63, 3.8) is 0 Å². The van der Waals surface area contributed by atoms with Gasteiger partial charge in [0.15, 0.2) is 11.5 Å². The van der Waals surface area contributed by atoms with Gasteiger partial charge in [0.25, 0.3) is 0 Å². The highest BCUT2D eigenvalue weighted by atomic mass is 15.1. The van der Waals surface area contributed by atoms with E-state index in [1.54, 1.807) is 6.20 Å². The number of hydrogen-bond donors (Lipinski definition) is 1. The van der Waals surface area contributed by atoms with E-state index in [0.29, 0.717) is 0 Å². The number of aryl methyl sites for hydroxylation is 1. The van der Waals surface area contributed by atoms with Crippen LogP contribution in [0.2, 0.25) is 0 Å². The van der Waals surface area contributed by atoms with Crippen molar-refractivity contribution in [3.05, 3.63) is 67.3 Å². The lowest BCUT2D eigenvalue weighted by Gasteiger charge is -2.10. The SMILES string of the molecule is c1ccc2c(c1)nc(NCCCn1ccnc1)c1nc3ccccc3n12. The number of anilines is 1. The normalized spacial score (nSPS) is 11.5. The van der Waals surface area contributed by atoms with E-state index in [2.05, 4.69) is 31.4 Å². The van der Waals surface area contributed by atoms with Crippen LogP contribution in [0.15, 0.2) is 67.3 Å². The van der Waals surface area contributed by atoms with E-state index in [0.717, 1.165) is 53.0 Å². The molecule has 0 bridgehead atoms. The van der Waals surface area contributed by atoms with E-state index in [1.165, 1.54) is 0 Å². The molecule has 0 fully saturated rings. The van der Waals surface area contributed by atoms with Crippen LogP contribution in [0.1, 0.15) is 6.42 Å². The quantitative estimate of drug-likeness (QED) is 0.494. The summed E-state index contributed by atoms with van der Waals surface area (Å²) in [6.07, 6.45) is 6.61. The van der Waals surface area contributed by atoms with Crippen molar-refractivity contribution < 1.29 is 0 Å². The Kier molecular flexibility index (Phi) is 3.52. The number of imidazole rings is 2. The molecule has 0 atom stereocenters. The number of rotatable bonds is 5. The summed E-state index contributed by atoms with van der Waals surface area (Å²) in [7, 11) is 0. The van der Waals surface area contributed by atoms with Gasteiger partial charge in [0.05, 0.1) is 28.4 Å². The second kappa shape index (κ2) is 6.15. The number of hydrogen-bond acceptors (Lipinski definition) is 4. The minimum atomic E-state index is 0.822. The fraction of sp³-hybridized carbons (Fsp3) is 0.150. The third-order valence-corrected chi connectivity index (χ3v) is 4.57. The molecule has 5 rings (SSSR count). The van der Waals surface area contributed by atoms with Gasteiger partial charge in [-0.05, 0) is 30.7 Å². The van der Waals surface area contributed by atoms with Gasteiger partial charge in [-0.2, -0.15) is 0 Å². The maximum atomic E-state index is 4.82. The molecule has 6 nitrogen and oxygen atoms in total. The zero-order valence-electron chi connectivity index (χ0n) is 14.2. The molecule has 6 heteroatoms. The van der Waals surface area contributed by atoms with Crippen LogP contribution in [0.5, 0.6) is 0 Å². The third-order valence-electron chi connectivity index (χ3n) is 4.57. The van der Waals surface area contributed by atoms with Crippen molar-refractivity contribution >= 4 is 33.5 Å². The molecule has 26 heavy (non-hydrogen) atoms. The molecule has 0 aliphatic heterocycles. The highest BCUT2D eigenvalue weighted by Crippen LogP contribution is 2.26. The number of aromatic nitrogens is 5. The summed E-state index contributed by atoms with van der Waals surface area (Å²) >= 11 is 0. The maximum absolute atomic E-state index is 4.82. The summed E-state index contributed by atoms with van der Waals surface area (Å²) in [6, 6.07) is 16.4. The van der Waals surface area contributed by atoms with Crippen molar-refractivity contribution in [1.82, 2.24) is 23.9 Å². The molecule has 0 aliphatic rings. The molecule has 0 spiro atoms. The molecule has 3 aromatic heterocycles. The first-order valence-electron chi connectivity index (χ1n) is 8.76. The first-order valence-corrected chi connectivity index (χ1v) is 8.76. The average Bonchev–Trinajstić information content (AvgIpc) is 3.33. The van der Waals surface area contributed by atoms with Gasteiger partial charge in [0.1, 0.15) is 0 Å². The van der Waals surface area contributed by atoms with Gasteiger partial charge in [0, 0.05) is 25.5 Å². The summed E-state index contributed by atoms with van der Waals surface area (Å²) in [4.78, 5) is 13.7. The van der Waals surface area contributed by atoms with Crippen LogP contribution < -0.4 is 5.32 Å². The monoisotopic (exact) mass is 342 g/mol. The highest BCUT2D eigenvalue weighted by Gasteiger charge is 2.13. The lowest BCUT2D eigenvalue weighted by atomic mass is 10.3. The molecule has 0 saturated heterocycles. The molecule has 3 heterocycles. The summed E-state index contributed by atoms with van der Waals surface area (Å²) in [6.45, 7) is 1.75. The maximum Gasteiger partial charge on any atom is 0.181 e. The lowest BCUT2D eigenvalue weighted by molar-refractivity contribution is 0.660. The molecular formula is C20H18N6. The van der Waals surface area contributed by atoms with Gasteiger partial charge >= 0.3 is 0 Å². The summed E-state index contributed by atoms with van der Waals surface area (Å²) in [5.74, 6) is 0.825. The van der Waals surface area contributed by atoms with Crippen molar-refractivity contribution in [2.24, 2.45) is 0 Å². The van der Waals surface area contributed by atoms with E-state index in [-0.39, 0.29) is 0 Å². The van der Waals surface area contributed by atoms with E-state index in [1.807, 2.05) is 48.9 Å². The van der Waals surface area contributed by atoms with E-state index in [4.69, 9.17) is 9.97 Å². The molecule has 0 unspecified atom stereocenters. The molecule has 0 aliphatic carbocycles. The summed E-state index contributed by atoms with van der Waals surface area (Å²) in [5, 5.41) is 3.48. The largest absolute Gasteiger partial charge is 0.367 e. The Balaban J connectivity index is 1.55. The number of fused-ring (bicyclic) bond motifs is 5. The highest BCUT2D eigenvalue weighted by molar-refractivity contribution is 5.92. The fourth-order valence-electron chi connectivity index (χ4n) is 3.35. The van der Waals surface area contributed by atoms with Crippen LogP contribution in [0, 0.1) is 0 Å². The van der Waals surface area contributed by atoms with Crippen LogP contribution in [-0.4, -0.2) is 30.5 Å². The van der Waals surface area contributed by atoms with Gasteiger partial charge in [-0.25, -0.2) is 15.0 Å². The fourth-order valence-corrected chi connectivity index (χ4v) is 3.35. The zero-order chi connectivity index (χ0) is 17.3. The first-order chi connectivity index (χ1) is 12.9. The lowest BCUT2D eigenvalue weighted by Crippen LogP contribution is -2.09. The van der Waals surface area contributed by atoms with Gasteiger partial charge in [-0.3, -0.25) is 4.40 Å². The molecule has 5 aromatic rings. The topological polar surface area (TPSA) is 60.0 Å². The Morgan fingerprint density at radius 1 is 0.885 bits per heavy atom. The minimum absolute atomic E-state index is 0.822. The second-order valence-electron chi connectivity index (χ2n) is 6.29. The average molecular weight is 342 g/mol. The Labute approximate surface area is 150 Å². The van der Waals surface area contributed by atoms with Crippen molar-refractivity contribution in [1.29, 1.82) is 0 Å². The van der Waals surface area contributed by atoms with Gasteiger partial charge in [-0.1, -0.05) is 24.3 Å². The molecular weight excluding hydrogens is 324 g/mol. The summed E-state index contributed by atoms with van der Waals surface area (Å²) < 4.78 is 4.27. The van der Waals surface area contributed by atoms with E-state index in [9.17, 15) is 0 Å². The molecule has 2 aromatic carbocycles. The van der Waals surface area contributed by atoms with Crippen molar-refractivity contribution in [2.45, 2.75) is 13.0 Å². The number of para-hydroxylation sites is 4.